The fraction of sp³-hybridized carbons (Fsp3) is 0.692. The fourth-order valence-corrected chi connectivity index (χ4v) is 1.21. The maximum atomic E-state index is 11.5. The predicted octanol–water partition coefficient (Wildman–Crippen LogP) is 2.87. The van der Waals surface area contributed by atoms with E-state index in [4.69, 9.17) is 14.9 Å². The second-order valence-corrected chi connectivity index (χ2v) is 3.79. The van der Waals surface area contributed by atoms with Gasteiger partial charge in [-0.1, -0.05) is 39.2 Å². The van der Waals surface area contributed by atoms with E-state index >= 15 is 0 Å². The highest BCUT2D eigenvalue weighted by Crippen LogP contribution is 2.07. The molecule has 0 spiro atoms. The standard InChI is InChI=1S/C13H21NO4/c1-4-6-7-9-11(10-14)13(15)18-17-12(16-3)8-5-2/h9,12H,4-8H2,1-3H3. The Morgan fingerprint density at radius 2 is 2.11 bits per heavy atom. The molecule has 0 rings (SSSR count). The van der Waals surface area contributed by atoms with Crippen molar-refractivity contribution in [3.8, 4) is 6.07 Å². The number of allylic oxidation sites excluding steroid dienone is 1. The Kier molecular flexibility index (Phi) is 9.93. The molecule has 0 radical (unpaired) electrons. The number of hydrogen-bond donors (Lipinski definition) is 0. The van der Waals surface area contributed by atoms with E-state index in [1.165, 1.54) is 7.11 Å². The molecule has 0 aliphatic heterocycles. The van der Waals surface area contributed by atoms with E-state index in [1.807, 2.05) is 13.8 Å². The number of methoxy groups -OCH3 is 1. The minimum absolute atomic E-state index is 0.0326. The van der Waals surface area contributed by atoms with E-state index in [-0.39, 0.29) is 5.57 Å². The van der Waals surface area contributed by atoms with Gasteiger partial charge in [0.15, 0.2) is 0 Å². The van der Waals surface area contributed by atoms with Crippen LogP contribution in [-0.4, -0.2) is 19.4 Å². The molecule has 0 amide bonds. The van der Waals surface area contributed by atoms with Crippen LogP contribution in [0.3, 0.4) is 0 Å². The molecule has 0 aliphatic carbocycles. The number of ether oxygens (including phenoxy) is 1. The highest BCUT2D eigenvalue weighted by molar-refractivity contribution is 5.92. The Hall–Kier alpha value is -1.38. The maximum Gasteiger partial charge on any atom is 0.383 e. The van der Waals surface area contributed by atoms with Crippen LogP contribution < -0.4 is 0 Å². The van der Waals surface area contributed by atoms with Crippen molar-refractivity contribution in [3.63, 3.8) is 0 Å². The van der Waals surface area contributed by atoms with Crippen LogP contribution in [0.5, 0.6) is 0 Å². The van der Waals surface area contributed by atoms with Crippen LogP contribution in [0, 0.1) is 11.3 Å². The molecule has 0 aromatic carbocycles. The summed E-state index contributed by atoms with van der Waals surface area (Å²) in [6, 6.07) is 1.80. The molecule has 0 aromatic rings. The van der Waals surface area contributed by atoms with Crippen LogP contribution >= 0.6 is 0 Å². The van der Waals surface area contributed by atoms with Crippen LogP contribution in [0.25, 0.3) is 0 Å². The van der Waals surface area contributed by atoms with E-state index in [9.17, 15) is 4.79 Å². The van der Waals surface area contributed by atoms with E-state index in [0.29, 0.717) is 12.8 Å². The zero-order chi connectivity index (χ0) is 13.8. The molecule has 0 heterocycles. The number of nitriles is 1. The van der Waals surface area contributed by atoms with Gasteiger partial charge in [0.1, 0.15) is 11.6 Å². The molecule has 1 atom stereocenters. The maximum absolute atomic E-state index is 11.5. The highest BCUT2D eigenvalue weighted by Gasteiger charge is 2.15. The number of carbonyl (C=O) groups is 1. The molecular formula is C13H21NO4. The zero-order valence-corrected chi connectivity index (χ0v) is 11.3. The van der Waals surface area contributed by atoms with Gasteiger partial charge >= 0.3 is 5.97 Å². The molecule has 102 valence electrons. The molecule has 0 aliphatic rings. The smallest absolute Gasteiger partial charge is 0.352 e. The summed E-state index contributed by atoms with van der Waals surface area (Å²) in [5, 5.41) is 8.82. The van der Waals surface area contributed by atoms with Gasteiger partial charge in [0, 0.05) is 13.5 Å². The van der Waals surface area contributed by atoms with E-state index < -0.39 is 12.3 Å². The molecule has 0 saturated carbocycles. The molecule has 0 aromatic heterocycles. The molecule has 0 bridgehead atoms. The largest absolute Gasteiger partial charge is 0.383 e. The third-order valence-electron chi connectivity index (χ3n) is 2.26. The lowest BCUT2D eigenvalue weighted by molar-refractivity contribution is -0.346. The second kappa shape index (κ2) is 10.8. The average Bonchev–Trinajstić information content (AvgIpc) is 2.39. The molecule has 0 fully saturated rings. The topological polar surface area (TPSA) is 68.6 Å². The van der Waals surface area contributed by atoms with Crippen LogP contribution in [0.2, 0.25) is 0 Å². The normalized spacial score (nSPS) is 12.9. The number of hydrogen-bond acceptors (Lipinski definition) is 5. The van der Waals surface area contributed by atoms with E-state index in [2.05, 4.69) is 4.89 Å². The van der Waals surface area contributed by atoms with Gasteiger partial charge in [-0.15, -0.1) is 0 Å². The Morgan fingerprint density at radius 3 is 2.61 bits per heavy atom. The summed E-state index contributed by atoms with van der Waals surface area (Å²) in [6.07, 6.45) is 5.04. The lowest BCUT2D eigenvalue weighted by atomic mass is 10.2. The summed E-state index contributed by atoms with van der Waals surface area (Å²) >= 11 is 0. The molecule has 0 saturated heterocycles. The van der Waals surface area contributed by atoms with Gasteiger partial charge in [-0.25, -0.2) is 4.79 Å². The van der Waals surface area contributed by atoms with Crippen molar-refractivity contribution in [2.75, 3.05) is 7.11 Å². The Bertz CT molecular complexity index is 307. The monoisotopic (exact) mass is 255 g/mol. The predicted molar refractivity (Wildman–Crippen MR) is 66.1 cm³/mol. The van der Waals surface area contributed by atoms with Gasteiger partial charge < -0.3 is 4.74 Å². The van der Waals surface area contributed by atoms with E-state index in [0.717, 1.165) is 19.3 Å². The summed E-state index contributed by atoms with van der Waals surface area (Å²) in [5.74, 6) is -0.772. The SMILES string of the molecule is CCCCC=C(C#N)C(=O)OOC(CCC)OC. The third-order valence-corrected chi connectivity index (χ3v) is 2.26. The molecule has 18 heavy (non-hydrogen) atoms. The fourth-order valence-electron chi connectivity index (χ4n) is 1.21. The van der Waals surface area contributed by atoms with Crippen molar-refractivity contribution in [1.29, 1.82) is 5.26 Å². The van der Waals surface area contributed by atoms with Crippen molar-refractivity contribution < 1.29 is 19.3 Å². The second-order valence-electron chi connectivity index (χ2n) is 3.79. The van der Waals surface area contributed by atoms with E-state index in [1.54, 1.807) is 12.1 Å². The first-order valence-electron chi connectivity index (χ1n) is 6.20. The Labute approximate surface area is 108 Å². The van der Waals surface area contributed by atoms with Gasteiger partial charge in [0.25, 0.3) is 0 Å². The van der Waals surface area contributed by atoms with Crippen molar-refractivity contribution in [3.05, 3.63) is 11.6 Å². The van der Waals surface area contributed by atoms with Gasteiger partial charge in [-0.2, -0.15) is 10.1 Å². The minimum Gasteiger partial charge on any atom is -0.352 e. The molecule has 5 nitrogen and oxygen atoms in total. The van der Waals surface area contributed by atoms with Crippen LogP contribution in [0.15, 0.2) is 11.6 Å². The third kappa shape index (κ3) is 7.05. The van der Waals surface area contributed by atoms with Crippen molar-refractivity contribution in [2.24, 2.45) is 0 Å². The van der Waals surface area contributed by atoms with Crippen molar-refractivity contribution in [1.82, 2.24) is 0 Å². The van der Waals surface area contributed by atoms with Crippen molar-refractivity contribution >= 4 is 5.97 Å². The zero-order valence-electron chi connectivity index (χ0n) is 11.3. The molecular weight excluding hydrogens is 234 g/mol. The lowest BCUT2D eigenvalue weighted by Crippen LogP contribution is -2.18. The minimum atomic E-state index is -0.772. The van der Waals surface area contributed by atoms with Gasteiger partial charge in [0.2, 0.25) is 6.29 Å². The quantitative estimate of drug-likeness (QED) is 0.158. The average molecular weight is 255 g/mol. The van der Waals surface area contributed by atoms with Crippen LogP contribution in [0.1, 0.15) is 46.0 Å². The summed E-state index contributed by atoms with van der Waals surface area (Å²) < 4.78 is 4.95. The van der Waals surface area contributed by atoms with Crippen LogP contribution in [0.4, 0.5) is 0 Å². The number of unbranched alkanes of at least 4 members (excludes halogenated alkanes) is 2. The summed E-state index contributed by atoms with van der Waals surface area (Å²) in [5.41, 5.74) is -0.0326. The highest BCUT2D eigenvalue weighted by atomic mass is 17.2. The number of nitrogens with zero attached hydrogens (tertiary/aromatic N) is 1. The van der Waals surface area contributed by atoms with Crippen LogP contribution in [-0.2, 0) is 19.3 Å². The lowest BCUT2D eigenvalue weighted by Gasteiger charge is -2.12. The summed E-state index contributed by atoms with van der Waals surface area (Å²) in [4.78, 5) is 20.9. The number of rotatable bonds is 9. The first-order valence-corrected chi connectivity index (χ1v) is 6.20. The van der Waals surface area contributed by atoms with Gasteiger partial charge in [-0.3, -0.25) is 4.89 Å². The Morgan fingerprint density at radius 1 is 1.39 bits per heavy atom. The summed E-state index contributed by atoms with van der Waals surface area (Å²) in [6.45, 7) is 4.00. The Balaban J connectivity index is 4.19. The van der Waals surface area contributed by atoms with Gasteiger partial charge in [-0.05, 0) is 6.42 Å². The molecule has 0 N–H and O–H groups in total. The molecule has 5 heteroatoms. The van der Waals surface area contributed by atoms with Gasteiger partial charge in [0.05, 0.1) is 0 Å². The summed E-state index contributed by atoms with van der Waals surface area (Å²) in [7, 11) is 1.47. The molecule has 1 unspecified atom stereocenters. The first kappa shape index (κ1) is 16.6. The number of carbonyl (C=O) groups excluding carboxylic acids is 1. The first-order chi connectivity index (χ1) is 8.69. The van der Waals surface area contributed by atoms with Crippen molar-refractivity contribution in [2.45, 2.75) is 52.2 Å².